The highest BCUT2D eigenvalue weighted by molar-refractivity contribution is 8.00. The second kappa shape index (κ2) is 10.3. The van der Waals surface area contributed by atoms with Crippen LogP contribution in [0, 0.1) is 5.92 Å². The Morgan fingerprint density at radius 2 is 1.71 bits per heavy atom. The van der Waals surface area contributed by atoms with Crippen LogP contribution in [0.3, 0.4) is 0 Å². The molecule has 5 heteroatoms. The Morgan fingerprint density at radius 3 is 2.46 bits per heavy atom. The average Bonchev–Trinajstić information content (AvgIpc) is 2.74. The van der Waals surface area contributed by atoms with Crippen molar-refractivity contribution in [3.63, 3.8) is 0 Å². The van der Waals surface area contributed by atoms with Gasteiger partial charge in [-0.25, -0.2) is 0 Å². The molecule has 154 valence electrons. The van der Waals surface area contributed by atoms with Crippen LogP contribution >= 0.6 is 11.8 Å². The van der Waals surface area contributed by atoms with E-state index in [1.807, 2.05) is 36.2 Å². The Balaban J connectivity index is 1.58. The highest BCUT2D eigenvalue weighted by atomic mass is 32.2. The molecule has 28 heavy (non-hydrogen) atoms. The van der Waals surface area contributed by atoms with Gasteiger partial charge in [-0.1, -0.05) is 51.2 Å². The maximum atomic E-state index is 12.9. The number of carbonyl (C=O) groups is 2. The molecule has 2 fully saturated rings. The molecule has 2 atom stereocenters. The van der Waals surface area contributed by atoms with E-state index in [2.05, 4.69) is 12.2 Å². The molecule has 1 N–H and O–H groups in total. The molecule has 2 aliphatic rings. The van der Waals surface area contributed by atoms with Crippen molar-refractivity contribution in [3.05, 3.63) is 29.8 Å². The van der Waals surface area contributed by atoms with Gasteiger partial charge in [-0.15, -0.1) is 11.8 Å². The average molecular weight is 403 g/mol. The summed E-state index contributed by atoms with van der Waals surface area (Å²) in [6.07, 6.45) is 10.7. The maximum Gasteiger partial charge on any atom is 0.252 e. The van der Waals surface area contributed by atoms with E-state index in [0.717, 1.165) is 24.2 Å². The van der Waals surface area contributed by atoms with Crippen molar-refractivity contribution in [1.82, 2.24) is 10.2 Å². The fraction of sp³-hybridized carbons (Fsp3) is 0.652. The molecular formula is C23H34N2O2S. The second-order valence-corrected chi connectivity index (χ2v) is 9.44. The molecule has 0 heterocycles. The van der Waals surface area contributed by atoms with E-state index < -0.39 is 0 Å². The molecule has 2 amide bonds. The minimum atomic E-state index is -0.00469. The summed E-state index contributed by atoms with van der Waals surface area (Å²) in [7, 11) is 1.93. The van der Waals surface area contributed by atoms with Crippen LogP contribution in [-0.4, -0.2) is 41.6 Å². The lowest BCUT2D eigenvalue weighted by molar-refractivity contribution is -0.129. The molecule has 4 nitrogen and oxygen atoms in total. The quantitative estimate of drug-likeness (QED) is 0.690. The van der Waals surface area contributed by atoms with Gasteiger partial charge in [0.25, 0.3) is 5.91 Å². The third-order valence-corrected chi connectivity index (χ3v) is 7.48. The van der Waals surface area contributed by atoms with Gasteiger partial charge in [0.2, 0.25) is 5.91 Å². The lowest BCUT2D eigenvalue weighted by Gasteiger charge is -2.31. The molecule has 0 saturated heterocycles. The van der Waals surface area contributed by atoms with Crippen molar-refractivity contribution in [3.8, 4) is 0 Å². The van der Waals surface area contributed by atoms with Crippen molar-refractivity contribution in [2.45, 2.75) is 81.7 Å². The van der Waals surface area contributed by atoms with E-state index in [1.54, 1.807) is 0 Å². The summed E-state index contributed by atoms with van der Waals surface area (Å²) in [6.45, 7) is 2.23. The first kappa shape index (κ1) is 21.2. The summed E-state index contributed by atoms with van der Waals surface area (Å²) < 4.78 is 0. The Hall–Kier alpha value is -1.49. The van der Waals surface area contributed by atoms with Crippen molar-refractivity contribution in [2.75, 3.05) is 12.8 Å². The van der Waals surface area contributed by atoms with Crippen LogP contribution < -0.4 is 5.32 Å². The van der Waals surface area contributed by atoms with Crippen LogP contribution in [0.1, 0.15) is 75.1 Å². The molecule has 1 aromatic rings. The zero-order valence-corrected chi connectivity index (χ0v) is 18.1. The third kappa shape index (κ3) is 5.53. The monoisotopic (exact) mass is 402 g/mol. The van der Waals surface area contributed by atoms with Crippen molar-refractivity contribution in [2.24, 2.45) is 5.92 Å². The SMILES string of the molecule is CC1CCCCC1NC(=O)c1ccccc1SCC(=O)N(C)C1CCCCC1. The Labute approximate surface area is 173 Å². The fourth-order valence-corrected chi connectivity index (χ4v) is 5.44. The molecule has 0 bridgehead atoms. The normalized spacial score (nSPS) is 23.2. The second-order valence-electron chi connectivity index (χ2n) is 8.42. The molecular weight excluding hydrogens is 368 g/mol. The highest BCUT2D eigenvalue weighted by Gasteiger charge is 2.25. The van der Waals surface area contributed by atoms with Crippen molar-refractivity contribution in [1.29, 1.82) is 0 Å². The van der Waals surface area contributed by atoms with Crippen LogP contribution in [0.5, 0.6) is 0 Å². The third-order valence-electron chi connectivity index (χ3n) is 6.43. The molecule has 0 aliphatic heterocycles. The summed E-state index contributed by atoms with van der Waals surface area (Å²) in [5.41, 5.74) is 0.693. The van der Waals surface area contributed by atoms with Gasteiger partial charge in [0.1, 0.15) is 0 Å². The lowest BCUT2D eigenvalue weighted by atomic mass is 9.86. The van der Waals surface area contributed by atoms with Gasteiger partial charge >= 0.3 is 0 Å². The molecule has 0 spiro atoms. The first-order valence-corrected chi connectivity index (χ1v) is 11.8. The number of hydrogen-bond acceptors (Lipinski definition) is 3. The van der Waals surface area contributed by atoms with E-state index >= 15 is 0 Å². The summed E-state index contributed by atoms with van der Waals surface area (Å²) >= 11 is 1.49. The summed E-state index contributed by atoms with van der Waals surface area (Å²) in [4.78, 5) is 28.4. The first-order chi connectivity index (χ1) is 13.6. The van der Waals surface area contributed by atoms with E-state index in [4.69, 9.17) is 0 Å². The van der Waals surface area contributed by atoms with Crippen LogP contribution in [0.2, 0.25) is 0 Å². The van der Waals surface area contributed by atoms with Crippen LogP contribution in [0.4, 0.5) is 0 Å². The zero-order chi connectivity index (χ0) is 19.9. The summed E-state index contributed by atoms with van der Waals surface area (Å²) in [5.74, 6) is 1.07. The van der Waals surface area contributed by atoms with Gasteiger partial charge in [-0.2, -0.15) is 0 Å². The van der Waals surface area contributed by atoms with E-state index in [9.17, 15) is 9.59 Å². The van der Waals surface area contributed by atoms with Crippen LogP contribution in [0.25, 0.3) is 0 Å². The van der Waals surface area contributed by atoms with Crippen LogP contribution in [-0.2, 0) is 4.79 Å². The minimum absolute atomic E-state index is 0.00469. The fourth-order valence-electron chi connectivity index (χ4n) is 4.47. The highest BCUT2D eigenvalue weighted by Crippen LogP contribution is 2.27. The molecule has 1 aromatic carbocycles. The molecule has 3 rings (SSSR count). The van der Waals surface area contributed by atoms with Crippen LogP contribution in [0.15, 0.2) is 29.2 Å². The number of hydrogen-bond donors (Lipinski definition) is 1. The number of nitrogens with one attached hydrogen (secondary N) is 1. The molecule has 0 radical (unpaired) electrons. The minimum Gasteiger partial charge on any atom is -0.349 e. The van der Waals surface area contributed by atoms with Gasteiger partial charge in [0.05, 0.1) is 11.3 Å². The predicted octanol–water partition coefficient (Wildman–Crippen LogP) is 4.88. The lowest BCUT2D eigenvalue weighted by Crippen LogP contribution is -2.41. The molecule has 2 unspecified atom stereocenters. The van der Waals surface area contributed by atoms with Gasteiger partial charge in [-0.05, 0) is 43.7 Å². The smallest absolute Gasteiger partial charge is 0.252 e. The Morgan fingerprint density at radius 1 is 1.04 bits per heavy atom. The Kier molecular flexibility index (Phi) is 7.83. The number of rotatable bonds is 6. The number of benzene rings is 1. The van der Waals surface area contributed by atoms with E-state index in [0.29, 0.717) is 23.3 Å². The van der Waals surface area contributed by atoms with Gasteiger partial charge in [-0.3, -0.25) is 9.59 Å². The zero-order valence-electron chi connectivity index (χ0n) is 17.3. The number of thioether (sulfide) groups is 1. The number of nitrogens with zero attached hydrogens (tertiary/aromatic N) is 1. The van der Waals surface area contributed by atoms with Crippen molar-refractivity contribution < 1.29 is 9.59 Å². The maximum absolute atomic E-state index is 12.9. The van der Waals surface area contributed by atoms with Gasteiger partial charge < -0.3 is 10.2 Å². The largest absolute Gasteiger partial charge is 0.349 e. The van der Waals surface area contributed by atoms with E-state index in [-0.39, 0.29) is 17.9 Å². The number of amides is 2. The van der Waals surface area contributed by atoms with Gasteiger partial charge in [0, 0.05) is 24.0 Å². The van der Waals surface area contributed by atoms with Gasteiger partial charge in [0.15, 0.2) is 0 Å². The Bertz CT molecular complexity index is 672. The topological polar surface area (TPSA) is 49.4 Å². The number of carbonyl (C=O) groups excluding carboxylic acids is 2. The van der Waals surface area contributed by atoms with E-state index in [1.165, 1.54) is 50.3 Å². The molecule has 2 aliphatic carbocycles. The summed E-state index contributed by atoms with van der Waals surface area (Å²) in [6, 6.07) is 8.32. The first-order valence-electron chi connectivity index (χ1n) is 10.8. The van der Waals surface area contributed by atoms with Crippen molar-refractivity contribution >= 4 is 23.6 Å². The molecule has 0 aromatic heterocycles. The summed E-state index contributed by atoms with van der Waals surface area (Å²) in [5, 5.41) is 3.24. The predicted molar refractivity (Wildman–Crippen MR) is 116 cm³/mol. The standard InChI is InChI=1S/C23H34N2O2S/c1-17-10-6-8-14-20(17)24-23(27)19-13-7-9-15-21(19)28-16-22(26)25(2)18-11-4-3-5-12-18/h7,9,13,15,17-18,20H,3-6,8,10-12,14,16H2,1-2H3,(H,24,27). The molecule has 2 saturated carbocycles.